The van der Waals surface area contributed by atoms with E-state index in [-0.39, 0.29) is 11.9 Å². The van der Waals surface area contributed by atoms with Crippen molar-refractivity contribution in [3.63, 3.8) is 0 Å². The minimum atomic E-state index is -0.546. The quantitative estimate of drug-likeness (QED) is 0.737. The van der Waals surface area contributed by atoms with Gasteiger partial charge < -0.3 is 0 Å². The lowest BCUT2D eigenvalue weighted by Gasteiger charge is -2.30. The monoisotopic (exact) mass is 341 g/mol. The zero-order valence-electron chi connectivity index (χ0n) is 14.2. The molecule has 128 valence electrons. The van der Waals surface area contributed by atoms with Crippen molar-refractivity contribution < 1.29 is 9.18 Å². The summed E-state index contributed by atoms with van der Waals surface area (Å²) in [6.07, 6.45) is 6.44. The van der Waals surface area contributed by atoms with Crippen molar-refractivity contribution in [2.45, 2.75) is 53.0 Å². The Balaban J connectivity index is 0.00000127. The van der Waals surface area contributed by atoms with Crippen LogP contribution in [0.25, 0.3) is 0 Å². The number of amides is 1. The Hall–Kier alpha value is -1.49. The van der Waals surface area contributed by atoms with Gasteiger partial charge in [0.1, 0.15) is 5.82 Å². The Bertz CT molecular complexity index is 548. The van der Waals surface area contributed by atoms with E-state index < -0.39 is 11.2 Å². The lowest BCUT2D eigenvalue weighted by atomic mass is 9.86. The van der Waals surface area contributed by atoms with Gasteiger partial charge in [-0.3, -0.25) is 9.78 Å². The second kappa shape index (κ2) is 8.96. The van der Waals surface area contributed by atoms with E-state index in [4.69, 9.17) is 11.6 Å². The molecule has 1 aromatic heterocycles. The van der Waals surface area contributed by atoms with Gasteiger partial charge in [0.05, 0.1) is 12.2 Å². The molecule has 1 unspecified atom stereocenters. The van der Waals surface area contributed by atoms with Crippen molar-refractivity contribution in [3.05, 3.63) is 29.8 Å². The predicted molar refractivity (Wildman–Crippen MR) is 92.0 cm³/mol. The summed E-state index contributed by atoms with van der Waals surface area (Å²) < 4.78 is 13.3. The lowest BCUT2D eigenvalue weighted by molar-refractivity contribution is -0.142. The minimum absolute atomic E-state index is 0.0735. The Morgan fingerprint density at radius 1 is 1.43 bits per heavy atom. The van der Waals surface area contributed by atoms with Gasteiger partial charge in [0.25, 0.3) is 0 Å². The fraction of sp³-hybridized carbons (Fsp3) is 0.588. The van der Waals surface area contributed by atoms with Crippen LogP contribution in [0.2, 0.25) is 0 Å². The average molecular weight is 342 g/mol. The highest BCUT2D eigenvalue weighted by Crippen LogP contribution is 2.34. The van der Waals surface area contributed by atoms with Gasteiger partial charge >= 0.3 is 0 Å². The fourth-order valence-corrected chi connectivity index (χ4v) is 2.56. The van der Waals surface area contributed by atoms with Crippen LogP contribution in [0, 0.1) is 11.2 Å². The van der Waals surface area contributed by atoms with Crippen molar-refractivity contribution in [3.8, 4) is 0 Å². The minimum Gasteiger partial charge on any atom is -0.272 e. The predicted octanol–water partition coefficient (Wildman–Crippen LogP) is 4.55. The summed E-state index contributed by atoms with van der Waals surface area (Å²) in [6.45, 7) is 7.77. The lowest BCUT2D eigenvalue weighted by Crippen LogP contribution is -2.38. The SMILES string of the molecule is CC.CC(C)(CCCCl)C(=O)N1N=CCC1c1cncc(F)c1. The first-order valence-corrected chi connectivity index (χ1v) is 8.51. The third-order valence-corrected chi connectivity index (χ3v) is 3.93. The van der Waals surface area contributed by atoms with E-state index in [0.717, 1.165) is 12.6 Å². The van der Waals surface area contributed by atoms with E-state index in [0.29, 0.717) is 24.3 Å². The van der Waals surface area contributed by atoms with Crippen LogP contribution in [0.3, 0.4) is 0 Å². The van der Waals surface area contributed by atoms with Gasteiger partial charge in [-0.2, -0.15) is 5.10 Å². The molecular weight excluding hydrogens is 317 g/mol. The third-order valence-electron chi connectivity index (χ3n) is 3.66. The standard InChI is InChI=1S/C15H19ClFN3O.C2H6/c1-15(2,5-3-6-16)14(21)20-13(4-7-19-20)11-8-12(17)10-18-9-11;1-2/h7-10,13H,3-6H2,1-2H3;1-2H3. The van der Waals surface area contributed by atoms with Crippen LogP contribution in [-0.2, 0) is 4.79 Å². The highest BCUT2D eigenvalue weighted by Gasteiger charge is 2.37. The number of alkyl halides is 1. The zero-order chi connectivity index (χ0) is 17.5. The molecule has 0 bridgehead atoms. The molecule has 0 radical (unpaired) electrons. The van der Waals surface area contributed by atoms with E-state index in [9.17, 15) is 9.18 Å². The Kier molecular flexibility index (Phi) is 7.62. The Morgan fingerprint density at radius 2 is 2.13 bits per heavy atom. The smallest absolute Gasteiger partial charge is 0.248 e. The van der Waals surface area contributed by atoms with Gasteiger partial charge in [-0.15, -0.1) is 11.6 Å². The summed E-state index contributed by atoms with van der Waals surface area (Å²) in [5.41, 5.74) is 0.115. The van der Waals surface area contributed by atoms with Gasteiger partial charge in [-0.1, -0.05) is 27.7 Å². The number of nitrogens with zero attached hydrogens (tertiary/aromatic N) is 3. The third kappa shape index (κ3) is 4.99. The molecule has 6 heteroatoms. The number of rotatable bonds is 5. The van der Waals surface area contributed by atoms with Gasteiger partial charge in [0.2, 0.25) is 5.91 Å². The summed E-state index contributed by atoms with van der Waals surface area (Å²) in [5, 5.41) is 5.62. The molecule has 0 aliphatic carbocycles. The number of carbonyl (C=O) groups is 1. The fourth-order valence-electron chi connectivity index (χ4n) is 2.42. The van der Waals surface area contributed by atoms with E-state index in [2.05, 4.69) is 10.1 Å². The van der Waals surface area contributed by atoms with E-state index in [1.54, 1.807) is 12.4 Å². The molecule has 4 nitrogen and oxygen atoms in total. The summed E-state index contributed by atoms with van der Waals surface area (Å²) in [7, 11) is 0. The van der Waals surface area contributed by atoms with Crippen LogP contribution in [0.1, 0.15) is 58.6 Å². The number of aromatic nitrogens is 1. The molecule has 1 atom stereocenters. The second-order valence-electron chi connectivity index (χ2n) is 5.81. The van der Waals surface area contributed by atoms with Crippen LogP contribution in [0.4, 0.5) is 4.39 Å². The summed E-state index contributed by atoms with van der Waals surface area (Å²) in [6, 6.07) is 1.12. The van der Waals surface area contributed by atoms with E-state index >= 15 is 0 Å². The van der Waals surface area contributed by atoms with Crippen molar-refractivity contribution in [1.29, 1.82) is 0 Å². The summed E-state index contributed by atoms with van der Waals surface area (Å²) in [4.78, 5) is 16.5. The number of hydrogen-bond donors (Lipinski definition) is 0. The molecular formula is C17H25ClFN3O. The molecule has 1 aromatic rings. The van der Waals surface area contributed by atoms with Crippen LogP contribution in [-0.4, -0.2) is 28.0 Å². The average Bonchev–Trinajstić information content (AvgIpc) is 3.03. The van der Waals surface area contributed by atoms with E-state index in [1.165, 1.54) is 11.1 Å². The summed E-state index contributed by atoms with van der Waals surface area (Å²) >= 11 is 5.71. The molecule has 1 amide bonds. The van der Waals surface area contributed by atoms with Gasteiger partial charge in [-0.25, -0.2) is 9.40 Å². The van der Waals surface area contributed by atoms with Crippen molar-refractivity contribution in [2.75, 3.05) is 5.88 Å². The highest BCUT2D eigenvalue weighted by molar-refractivity contribution is 6.17. The molecule has 0 N–H and O–H groups in total. The number of halogens is 2. The molecule has 0 fully saturated rings. The molecule has 0 aromatic carbocycles. The molecule has 2 rings (SSSR count). The first kappa shape index (κ1) is 19.6. The Morgan fingerprint density at radius 3 is 2.74 bits per heavy atom. The molecule has 23 heavy (non-hydrogen) atoms. The highest BCUT2D eigenvalue weighted by atomic mass is 35.5. The van der Waals surface area contributed by atoms with Gasteiger partial charge in [0, 0.05) is 30.1 Å². The maximum Gasteiger partial charge on any atom is 0.248 e. The van der Waals surface area contributed by atoms with Crippen LogP contribution in [0.5, 0.6) is 0 Å². The van der Waals surface area contributed by atoms with Gasteiger partial charge in [0.15, 0.2) is 0 Å². The largest absolute Gasteiger partial charge is 0.272 e. The maximum absolute atomic E-state index is 13.3. The van der Waals surface area contributed by atoms with Gasteiger partial charge in [-0.05, 0) is 24.5 Å². The topological polar surface area (TPSA) is 45.6 Å². The Labute approximate surface area is 142 Å². The zero-order valence-corrected chi connectivity index (χ0v) is 15.0. The number of hydrogen-bond acceptors (Lipinski definition) is 3. The molecule has 0 saturated carbocycles. The summed E-state index contributed by atoms with van der Waals surface area (Å²) in [5.74, 6) is 0.0425. The van der Waals surface area contributed by atoms with Crippen LogP contribution >= 0.6 is 11.6 Å². The molecule has 1 aliphatic rings. The van der Waals surface area contributed by atoms with E-state index in [1.807, 2.05) is 27.7 Å². The molecule has 0 spiro atoms. The van der Waals surface area contributed by atoms with Crippen molar-refractivity contribution in [1.82, 2.24) is 9.99 Å². The maximum atomic E-state index is 13.3. The van der Waals surface area contributed by atoms with Crippen LogP contribution < -0.4 is 0 Å². The first-order valence-electron chi connectivity index (χ1n) is 7.98. The second-order valence-corrected chi connectivity index (χ2v) is 6.19. The number of pyridine rings is 1. The molecule has 0 saturated heterocycles. The van der Waals surface area contributed by atoms with Crippen molar-refractivity contribution in [2.24, 2.45) is 10.5 Å². The van der Waals surface area contributed by atoms with Crippen molar-refractivity contribution >= 4 is 23.7 Å². The molecule has 1 aliphatic heterocycles. The normalized spacial score (nSPS) is 17.0. The number of carbonyl (C=O) groups excluding carboxylic acids is 1. The first-order chi connectivity index (χ1) is 11.0. The number of hydrazone groups is 1. The van der Waals surface area contributed by atoms with Crippen LogP contribution in [0.15, 0.2) is 23.6 Å². The molecule has 2 heterocycles.